The summed E-state index contributed by atoms with van der Waals surface area (Å²) < 4.78 is 1.07. The van der Waals surface area contributed by atoms with Gasteiger partial charge >= 0.3 is 0 Å². The number of para-hydroxylation sites is 1. The van der Waals surface area contributed by atoms with Crippen molar-refractivity contribution in [2.45, 2.75) is 19.3 Å². The Bertz CT molecular complexity index is 1480. The van der Waals surface area contributed by atoms with Crippen LogP contribution in [0.1, 0.15) is 29.6 Å². The highest BCUT2D eigenvalue weighted by atomic mass is 35.5. The third-order valence-corrected chi connectivity index (χ3v) is 7.73. The number of carbonyl (C=O) groups excluding carboxylic acids is 1. The summed E-state index contributed by atoms with van der Waals surface area (Å²) in [6, 6.07) is 17.8. The van der Waals surface area contributed by atoms with Gasteiger partial charge in [0.25, 0.3) is 11.6 Å². The highest BCUT2D eigenvalue weighted by molar-refractivity contribution is 7.80. The average molecular weight is 552 g/mol. The molecule has 4 aromatic rings. The molecular formula is C26H22ClN5O3S2. The van der Waals surface area contributed by atoms with Gasteiger partial charge in [-0.15, -0.1) is 11.3 Å². The molecule has 1 fully saturated rings. The number of thiocarbonyl (C=S) groups is 1. The molecule has 8 nitrogen and oxygen atoms in total. The summed E-state index contributed by atoms with van der Waals surface area (Å²) in [4.78, 5) is 30.8. The molecule has 1 aromatic heterocycles. The van der Waals surface area contributed by atoms with Crippen molar-refractivity contribution in [2.75, 3.05) is 23.3 Å². The number of hydrogen-bond acceptors (Lipinski definition) is 7. The van der Waals surface area contributed by atoms with Gasteiger partial charge in [0.1, 0.15) is 10.7 Å². The van der Waals surface area contributed by atoms with Crippen LogP contribution in [0, 0.1) is 10.1 Å². The van der Waals surface area contributed by atoms with Crippen LogP contribution in [0.15, 0.2) is 60.7 Å². The van der Waals surface area contributed by atoms with Crippen molar-refractivity contribution in [3.8, 4) is 10.6 Å². The number of nitro benzene ring substituents is 1. The van der Waals surface area contributed by atoms with Crippen LogP contribution >= 0.6 is 35.2 Å². The summed E-state index contributed by atoms with van der Waals surface area (Å²) >= 11 is 13.3. The zero-order valence-electron chi connectivity index (χ0n) is 19.6. The van der Waals surface area contributed by atoms with Crippen molar-refractivity contribution < 1.29 is 9.72 Å². The maximum absolute atomic E-state index is 12.9. The van der Waals surface area contributed by atoms with E-state index in [1.54, 1.807) is 29.5 Å². The number of nitrogens with one attached hydrogen (secondary N) is 2. The van der Waals surface area contributed by atoms with Crippen molar-refractivity contribution in [2.24, 2.45) is 0 Å². The second-order valence-corrected chi connectivity index (χ2v) is 10.4. The molecule has 1 aliphatic heterocycles. The second-order valence-electron chi connectivity index (χ2n) is 8.60. The van der Waals surface area contributed by atoms with Gasteiger partial charge in [-0.2, -0.15) is 0 Å². The first kappa shape index (κ1) is 25.1. The van der Waals surface area contributed by atoms with E-state index >= 15 is 0 Å². The zero-order chi connectivity index (χ0) is 25.9. The SMILES string of the molecule is O=C(NC(=S)Nc1cc(-c2nc3ccccc3s2)ccc1Cl)c1ccc(N2CCCCC2)c([N+](=O)[O-])c1. The number of benzene rings is 3. The lowest BCUT2D eigenvalue weighted by molar-refractivity contribution is -0.384. The summed E-state index contributed by atoms with van der Waals surface area (Å²) in [6.07, 6.45) is 3.09. The molecule has 1 aliphatic rings. The van der Waals surface area contributed by atoms with E-state index in [-0.39, 0.29) is 16.4 Å². The fraction of sp³-hybridized carbons (Fsp3) is 0.192. The van der Waals surface area contributed by atoms with Gasteiger partial charge in [-0.25, -0.2) is 4.98 Å². The fourth-order valence-electron chi connectivity index (χ4n) is 4.29. The molecule has 2 heterocycles. The number of fused-ring (bicyclic) bond motifs is 1. The number of thiazole rings is 1. The van der Waals surface area contributed by atoms with Crippen LogP contribution in [-0.4, -0.2) is 34.0 Å². The van der Waals surface area contributed by atoms with E-state index in [1.165, 1.54) is 6.07 Å². The van der Waals surface area contributed by atoms with E-state index in [0.717, 1.165) is 53.1 Å². The number of aromatic nitrogens is 1. The Labute approximate surface area is 227 Å². The van der Waals surface area contributed by atoms with Crippen molar-refractivity contribution >= 4 is 73.5 Å². The third kappa shape index (κ3) is 5.56. The van der Waals surface area contributed by atoms with E-state index in [2.05, 4.69) is 15.6 Å². The zero-order valence-corrected chi connectivity index (χ0v) is 22.0. The summed E-state index contributed by atoms with van der Waals surface area (Å²) in [5.74, 6) is -0.552. The summed E-state index contributed by atoms with van der Waals surface area (Å²) in [5.41, 5.74) is 2.85. The Kier molecular flexibility index (Phi) is 7.31. The number of rotatable bonds is 5. The molecule has 0 bridgehead atoms. The largest absolute Gasteiger partial charge is 0.366 e. The highest BCUT2D eigenvalue weighted by Gasteiger charge is 2.23. The Hall–Kier alpha value is -3.60. The predicted molar refractivity (Wildman–Crippen MR) is 153 cm³/mol. The van der Waals surface area contributed by atoms with Gasteiger partial charge < -0.3 is 10.2 Å². The lowest BCUT2D eigenvalue weighted by atomic mass is 10.1. The number of halogens is 1. The van der Waals surface area contributed by atoms with E-state index in [4.69, 9.17) is 23.8 Å². The van der Waals surface area contributed by atoms with Crippen molar-refractivity contribution in [3.05, 3.63) is 81.4 Å². The van der Waals surface area contributed by atoms with Crippen LogP contribution < -0.4 is 15.5 Å². The predicted octanol–water partition coefficient (Wildman–Crippen LogP) is 6.64. The van der Waals surface area contributed by atoms with Crippen molar-refractivity contribution in [3.63, 3.8) is 0 Å². The first-order chi connectivity index (χ1) is 17.9. The standard InChI is InChI=1S/C26H22ClN5O3S2/c27-18-10-8-17(25-28-19-6-2-3-7-23(19)37-25)14-20(18)29-26(36)30-24(33)16-9-11-21(22(15-16)32(34)35)31-12-4-1-5-13-31/h2-3,6-11,14-15H,1,4-5,12-13H2,(H2,29,30,33,36). The van der Waals surface area contributed by atoms with Gasteiger partial charge in [0.15, 0.2) is 5.11 Å². The van der Waals surface area contributed by atoms with E-state index < -0.39 is 10.8 Å². The van der Waals surface area contributed by atoms with Crippen molar-refractivity contribution in [1.82, 2.24) is 10.3 Å². The quantitative estimate of drug-likeness (QED) is 0.163. The molecule has 0 atom stereocenters. The Morgan fingerprint density at radius 1 is 1.08 bits per heavy atom. The molecule has 11 heteroatoms. The number of carbonyl (C=O) groups is 1. The van der Waals surface area contributed by atoms with Gasteiger partial charge in [0, 0.05) is 30.3 Å². The van der Waals surface area contributed by atoms with E-state index in [9.17, 15) is 14.9 Å². The third-order valence-electron chi connectivity index (χ3n) is 6.11. The monoisotopic (exact) mass is 551 g/mol. The number of hydrogen-bond donors (Lipinski definition) is 2. The maximum atomic E-state index is 12.9. The van der Waals surface area contributed by atoms with Gasteiger partial charge in [0.05, 0.1) is 25.8 Å². The molecule has 1 saturated heterocycles. The van der Waals surface area contributed by atoms with Gasteiger partial charge in [-0.3, -0.25) is 20.2 Å². The Morgan fingerprint density at radius 2 is 1.86 bits per heavy atom. The minimum absolute atomic E-state index is 0.0242. The van der Waals surface area contributed by atoms with Crippen LogP contribution in [0.25, 0.3) is 20.8 Å². The maximum Gasteiger partial charge on any atom is 0.293 e. The van der Waals surface area contributed by atoms with Crippen LogP contribution in [-0.2, 0) is 0 Å². The van der Waals surface area contributed by atoms with Crippen LogP contribution in [0.2, 0.25) is 5.02 Å². The second kappa shape index (κ2) is 10.8. The van der Waals surface area contributed by atoms with Crippen molar-refractivity contribution in [1.29, 1.82) is 0 Å². The number of nitrogens with zero attached hydrogens (tertiary/aromatic N) is 3. The topological polar surface area (TPSA) is 100 Å². The van der Waals surface area contributed by atoms with Crippen LogP contribution in [0.4, 0.5) is 17.1 Å². The molecule has 0 unspecified atom stereocenters. The fourth-order valence-corrected chi connectivity index (χ4v) is 5.62. The number of amides is 1. The van der Waals surface area contributed by atoms with E-state index in [0.29, 0.717) is 16.4 Å². The lowest BCUT2D eigenvalue weighted by Crippen LogP contribution is -2.34. The Balaban J connectivity index is 1.31. The van der Waals surface area contributed by atoms with Gasteiger partial charge in [-0.05, 0) is 67.9 Å². The molecular weight excluding hydrogens is 530 g/mol. The van der Waals surface area contributed by atoms with Gasteiger partial charge in [-0.1, -0.05) is 29.8 Å². The molecule has 0 saturated carbocycles. The number of nitro groups is 1. The summed E-state index contributed by atoms with van der Waals surface area (Å²) in [7, 11) is 0. The molecule has 1 amide bonds. The molecule has 5 rings (SSSR count). The van der Waals surface area contributed by atoms with Crippen LogP contribution in [0.5, 0.6) is 0 Å². The minimum Gasteiger partial charge on any atom is -0.366 e. The molecule has 37 heavy (non-hydrogen) atoms. The van der Waals surface area contributed by atoms with Crippen LogP contribution in [0.3, 0.4) is 0 Å². The summed E-state index contributed by atoms with van der Waals surface area (Å²) in [6.45, 7) is 1.52. The molecule has 0 radical (unpaired) electrons. The average Bonchev–Trinajstić information content (AvgIpc) is 3.34. The molecule has 0 aliphatic carbocycles. The molecule has 3 aromatic carbocycles. The van der Waals surface area contributed by atoms with Gasteiger partial charge in [0.2, 0.25) is 0 Å². The first-order valence-corrected chi connectivity index (χ1v) is 13.3. The summed E-state index contributed by atoms with van der Waals surface area (Å²) in [5, 5.41) is 18.6. The minimum atomic E-state index is -0.552. The highest BCUT2D eigenvalue weighted by Crippen LogP contribution is 2.34. The molecule has 0 spiro atoms. The number of anilines is 2. The first-order valence-electron chi connectivity index (χ1n) is 11.7. The normalized spacial score (nSPS) is 13.4. The number of piperidine rings is 1. The molecule has 188 valence electrons. The lowest BCUT2D eigenvalue weighted by Gasteiger charge is -2.28. The smallest absolute Gasteiger partial charge is 0.293 e. The molecule has 2 N–H and O–H groups in total. The Morgan fingerprint density at radius 3 is 2.62 bits per heavy atom. The van der Waals surface area contributed by atoms with E-state index in [1.807, 2.05) is 41.3 Å².